The lowest BCUT2D eigenvalue weighted by Crippen LogP contribution is -2.37. The lowest BCUT2D eigenvalue weighted by atomic mass is 10.2. The van der Waals surface area contributed by atoms with Crippen LogP contribution in [0.1, 0.15) is 32.4 Å². The van der Waals surface area contributed by atoms with Crippen molar-refractivity contribution in [3.8, 4) is 0 Å². The fraction of sp³-hybridized carbons (Fsp3) is 0.750. The molecule has 1 fully saturated rings. The van der Waals surface area contributed by atoms with E-state index in [0.717, 1.165) is 31.1 Å². The van der Waals surface area contributed by atoms with Crippen molar-refractivity contribution in [3.63, 3.8) is 0 Å². The molecule has 0 radical (unpaired) electrons. The van der Waals surface area contributed by atoms with Gasteiger partial charge in [-0.1, -0.05) is 13.8 Å². The fourth-order valence-corrected chi connectivity index (χ4v) is 2.76. The van der Waals surface area contributed by atoms with Crippen molar-refractivity contribution in [1.82, 2.24) is 20.4 Å². The Hall–Kier alpha value is -1.20. The molecule has 0 spiro atoms. The van der Waals surface area contributed by atoms with Crippen LogP contribution in [-0.4, -0.2) is 54.9 Å². The first-order valence-corrected chi connectivity index (χ1v) is 8.01. The van der Waals surface area contributed by atoms with Crippen molar-refractivity contribution in [1.29, 1.82) is 0 Å². The van der Waals surface area contributed by atoms with Crippen LogP contribution >= 0.6 is 0 Å². The molecule has 0 saturated carbocycles. The Morgan fingerprint density at radius 2 is 2.19 bits per heavy atom. The third-order valence-electron chi connectivity index (χ3n) is 4.11. The van der Waals surface area contributed by atoms with Crippen molar-refractivity contribution in [2.75, 3.05) is 38.6 Å². The molecule has 1 unspecified atom stereocenters. The fourth-order valence-electron chi connectivity index (χ4n) is 2.76. The smallest absolute Gasteiger partial charge is 0.151 e. The second-order valence-corrected chi connectivity index (χ2v) is 6.56. The number of likely N-dealkylation sites (N-methyl/N-ethyl adjacent to an activating group) is 2. The second-order valence-electron chi connectivity index (χ2n) is 6.56. The molecule has 5 nitrogen and oxygen atoms in total. The number of hydrogen-bond donors (Lipinski definition) is 1. The van der Waals surface area contributed by atoms with Crippen LogP contribution in [0.25, 0.3) is 0 Å². The first-order chi connectivity index (χ1) is 10.1. The topological polar surface area (TPSA) is 44.3 Å². The van der Waals surface area contributed by atoms with Crippen molar-refractivity contribution >= 4 is 5.82 Å². The van der Waals surface area contributed by atoms with Crippen LogP contribution < -0.4 is 10.2 Å². The van der Waals surface area contributed by atoms with Gasteiger partial charge < -0.3 is 15.1 Å². The molecule has 21 heavy (non-hydrogen) atoms. The minimum absolute atomic E-state index is 0.643. The Bertz CT molecular complexity index is 417. The summed E-state index contributed by atoms with van der Waals surface area (Å²) in [6.07, 6.45) is 2.59. The normalized spacial score (nSPS) is 19.4. The molecule has 0 amide bonds. The zero-order chi connectivity index (χ0) is 15.2. The quantitative estimate of drug-likeness (QED) is 0.829. The van der Waals surface area contributed by atoms with Crippen molar-refractivity contribution in [3.05, 3.63) is 17.8 Å². The van der Waals surface area contributed by atoms with Crippen molar-refractivity contribution < 1.29 is 0 Å². The predicted molar refractivity (Wildman–Crippen MR) is 87.5 cm³/mol. The molecule has 0 aliphatic carbocycles. The molecule has 1 atom stereocenters. The van der Waals surface area contributed by atoms with Crippen LogP contribution in [0.3, 0.4) is 0 Å². The number of aromatic nitrogens is 2. The van der Waals surface area contributed by atoms with Gasteiger partial charge in [0.2, 0.25) is 0 Å². The van der Waals surface area contributed by atoms with Crippen LogP contribution in [0, 0.1) is 5.92 Å². The Balaban J connectivity index is 1.83. The molecule has 1 N–H and O–H groups in total. The summed E-state index contributed by atoms with van der Waals surface area (Å²) in [5.41, 5.74) is 1.01. The molecule has 1 aliphatic heterocycles. The van der Waals surface area contributed by atoms with Gasteiger partial charge in [-0.05, 0) is 51.0 Å². The molecule has 1 aliphatic rings. The van der Waals surface area contributed by atoms with Gasteiger partial charge in [-0.15, -0.1) is 5.10 Å². The minimum atomic E-state index is 0.643. The van der Waals surface area contributed by atoms with Crippen LogP contribution in [0.5, 0.6) is 0 Å². The number of likely N-dealkylation sites (tertiary alicyclic amines) is 1. The maximum absolute atomic E-state index is 4.36. The molecule has 0 aromatic carbocycles. The van der Waals surface area contributed by atoms with Gasteiger partial charge in [-0.2, -0.15) is 5.10 Å². The third-order valence-corrected chi connectivity index (χ3v) is 4.11. The first kappa shape index (κ1) is 16.2. The first-order valence-electron chi connectivity index (χ1n) is 8.01. The van der Waals surface area contributed by atoms with E-state index < -0.39 is 0 Å². The standard InChI is InChI=1S/C16H29N5/c1-13(2)10-17-11-14-7-8-16(19-18-14)21(4)12-15-6-5-9-20(15)3/h7-8,13,15,17H,5-6,9-12H2,1-4H3. The van der Waals surface area contributed by atoms with Gasteiger partial charge in [0.1, 0.15) is 0 Å². The molecule has 118 valence electrons. The van der Waals surface area contributed by atoms with E-state index in [4.69, 9.17) is 0 Å². The van der Waals surface area contributed by atoms with E-state index in [1.54, 1.807) is 0 Å². The molecule has 2 rings (SSSR count). The Morgan fingerprint density at radius 1 is 1.38 bits per heavy atom. The number of hydrogen-bond acceptors (Lipinski definition) is 5. The molecule has 5 heteroatoms. The highest BCUT2D eigenvalue weighted by Gasteiger charge is 2.22. The average molecular weight is 291 g/mol. The van der Waals surface area contributed by atoms with Crippen LogP contribution in [0.4, 0.5) is 5.82 Å². The molecular weight excluding hydrogens is 262 g/mol. The van der Waals surface area contributed by atoms with Crippen LogP contribution in [-0.2, 0) is 6.54 Å². The number of anilines is 1. The number of nitrogens with zero attached hydrogens (tertiary/aromatic N) is 4. The van der Waals surface area contributed by atoms with Crippen molar-refractivity contribution in [2.24, 2.45) is 5.92 Å². The maximum Gasteiger partial charge on any atom is 0.151 e. The third kappa shape index (κ3) is 4.93. The Labute approximate surface area is 128 Å². The lowest BCUT2D eigenvalue weighted by molar-refractivity contribution is 0.314. The monoisotopic (exact) mass is 291 g/mol. The Kier molecular flexibility index (Phi) is 5.94. The summed E-state index contributed by atoms with van der Waals surface area (Å²) >= 11 is 0. The van der Waals surface area contributed by atoms with E-state index in [1.165, 1.54) is 19.4 Å². The summed E-state index contributed by atoms with van der Waals surface area (Å²) in [5.74, 6) is 1.62. The summed E-state index contributed by atoms with van der Waals surface area (Å²) in [6, 6.07) is 4.79. The zero-order valence-electron chi connectivity index (χ0n) is 13.8. The van der Waals surface area contributed by atoms with Gasteiger partial charge in [0.05, 0.1) is 5.69 Å². The maximum atomic E-state index is 4.36. The number of nitrogens with one attached hydrogen (secondary N) is 1. The molecule has 0 bridgehead atoms. The van der Waals surface area contributed by atoms with Gasteiger partial charge in [0.25, 0.3) is 0 Å². The highest BCUT2D eigenvalue weighted by Crippen LogP contribution is 2.17. The van der Waals surface area contributed by atoms with Gasteiger partial charge >= 0.3 is 0 Å². The predicted octanol–water partition coefficient (Wildman–Crippen LogP) is 1.75. The van der Waals surface area contributed by atoms with Crippen molar-refractivity contribution in [2.45, 2.75) is 39.3 Å². The lowest BCUT2D eigenvalue weighted by Gasteiger charge is -2.26. The highest BCUT2D eigenvalue weighted by molar-refractivity contribution is 5.36. The Morgan fingerprint density at radius 3 is 2.76 bits per heavy atom. The van der Waals surface area contributed by atoms with E-state index in [-0.39, 0.29) is 0 Å². The van der Waals surface area contributed by atoms with Crippen LogP contribution in [0.2, 0.25) is 0 Å². The van der Waals surface area contributed by atoms with Gasteiger partial charge in [-0.25, -0.2) is 0 Å². The second kappa shape index (κ2) is 7.71. The molecule has 1 saturated heterocycles. The molecule has 1 aromatic heterocycles. The summed E-state index contributed by atoms with van der Waals surface area (Å²) in [4.78, 5) is 4.65. The van der Waals surface area contributed by atoms with E-state index >= 15 is 0 Å². The van der Waals surface area contributed by atoms with E-state index in [1.807, 2.05) is 0 Å². The van der Waals surface area contributed by atoms with Gasteiger partial charge in [-0.3, -0.25) is 0 Å². The molecular formula is C16H29N5. The number of rotatable bonds is 7. The summed E-state index contributed by atoms with van der Waals surface area (Å²) in [5, 5.41) is 12.1. The van der Waals surface area contributed by atoms with E-state index in [0.29, 0.717) is 12.0 Å². The SMILES string of the molecule is CC(C)CNCc1ccc(N(C)CC2CCCN2C)nn1. The summed E-state index contributed by atoms with van der Waals surface area (Å²) < 4.78 is 0. The minimum Gasteiger partial charge on any atom is -0.357 e. The van der Waals surface area contributed by atoms with E-state index in [9.17, 15) is 0 Å². The van der Waals surface area contributed by atoms with Gasteiger partial charge in [0, 0.05) is 26.2 Å². The zero-order valence-corrected chi connectivity index (χ0v) is 13.8. The molecule has 1 aromatic rings. The average Bonchev–Trinajstić information content (AvgIpc) is 2.84. The highest BCUT2D eigenvalue weighted by atomic mass is 15.3. The van der Waals surface area contributed by atoms with Crippen LogP contribution in [0.15, 0.2) is 12.1 Å². The molecule has 2 heterocycles. The summed E-state index contributed by atoms with van der Waals surface area (Å²) in [6.45, 7) is 8.45. The van der Waals surface area contributed by atoms with Gasteiger partial charge in [0.15, 0.2) is 5.82 Å². The summed E-state index contributed by atoms with van der Waals surface area (Å²) in [7, 11) is 4.31. The van der Waals surface area contributed by atoms with E-state index in [2.05, 4.69) is 65.4 Å². The largest absolute Gasteiger partial charge is 0.357 e.